The highest BCUT2D eigenvalue weighted by Gasteiger charge is 2.38. The molecule has 0 aliphatic carbocycles. The fourth-order valence-electron chi connectivity index (χ4n) is 1.36. The second-order valence-electron chi connectivity index (χ2n) is 6.56. The van der Waals surface area contributed by atoms with E-state index in [4.69, 9.17) is 13.9 Å². The molecule has 0 aliphatic heterocycles. The van der Waals surface area contributed by atoms with Gasteiger partial charge in [-0.3, -0.25) is 9.59 Å². The molecule has 0 saturated carbocycles. The maximum atomic E-state index is 11.0. The molecule has 0 spiro atoms. The molecule has 0 rings (SSSR count). The van der Waals surface area contributed by atoms with Crippen LogP contribution >= 0.6 is 0 Å². The van der Waals surface area contributed by atoms with Crippen molar-refractivity contribution in [2.24, 2.45) is 0 Å². The molecule has 0 bridgehead atoms. The lowest BCUT2D eigenvalue weighted by Crippen LogP contribution is -2.42. The standard InChI is InChI=1S/C15H28O5Si/c1-11(20-21(7,8)15(4,5)6)9-10-14(18-12(2)16)19-13(3)17/h9-11,14H,1-8H3/b10-9+/t11-/m0/s1. The van der Waals surface area contributed by atoms with Gasteiger partial charge >= 0.3 is 11.9 Å². The first-order valence-electron chi connectivity index (χ1n) is 7.06. The zero-order chi connectivity index (χ0) is 16.8. The van der Waals surface area contributed by atoms with Gasteiger partial charge in [-0.05, 0) is 31.1 Å². The summed E-state index contributed by atoms with van der Waals surface area (Å²) in [5.41, 5.74) is 0. The molecule has 0 aromatic rings. The molecule has 122 valence electrons. The molecule has 0 aromatic carbocycles. The van der Waals surface area contributed by atoms with Crippen LogP contribution in [-0.4, -0.2) is 32.6 Å². The van der Waals surface area contributed by atoms with E-state index >= 15 is 0 Å². The van der Waals surface area contributed by atoms with Gasteiger partial charge < -0.3 is 13.9 Å². The minimum absolute atomic E-state index is 0.111. The Hall–Kier alpha value is -1.14. The van der Waals surface area contributed by atoms with Crippen molar-refractivity contribution >= 4 is 20.3 Å². The number of carbonyl (C=O) groups excluding carboxylic acids is 2. The van der Waals surface area contributed by atoms with E-state index in [0.717, 1.165) is 0 Å². The van der Waals surface area contributed by atoms with Crippen molar-refractivity contribution in [3.8, 4) is 0 Å². The first kappa shape index (κ1) is 19.9. The van der Waals surface area contributed by atoms with E-state index in [-0.39, 0.29) is 11.1 Å². The van der Waals surface area contributed by atoms with Gasteiger partial charge in [0.25, 0.3) is 6.29 Å². The molecule has 0 radical (unpaired) electrons. The van der Waals surface area contributed by atoms with Gasteiger partial charge in [-0.2, -0.15) is 0 Å². The molecule has 6 heteroatoms. The Balaban J connectivity index is 4.74. The highest BCUT2D eigenvalue weighted by atomic mass is 28.4. The van der Waals surface area contributed by atoms with Crippen molar-refractivity contribution in [2.45, 2.75) is 72.1 Å². The van der Waals surface area contributed by atoms with Crippen LogP contribution in [0.1, 0.15) is 41.5 Å². The Morgan fingerprint density at radius 3 is 1.76 bits per heavy atom. The van der Waals surface area contributed by atoms with Gasteiger partial charge in [0.05, 0.1) is 6.10 Å². The molecule has 5 nitrogen and oxygen atoms in total. The van der Waals surface area contributed by atoms with Crippen molar-refractivity contribution in [3.05, 3.63) is 12.2 Å². The van der Waals surface area contributed by atoms with Gasteiger partial charge in [0.1, 0.15) is 0 Å². The van der Waals surface area contributed by atoms with Crippen LogP contribution in [0.15, 0.2) is 12.2 Å². The van der Waals surface area contributed by atoms with Crippen LogP contribution in [0.25, 0.3) is 0 Å². The first-order valence-corrected chi connectivity index (χ1v) is 9.96. The van der Waals surface area contributed by atoms with Gasteiger partial charge in [-0.25, -0.2) is 0 Å². The summed E-state index contributed by atoms with van der Waals surface area (Å²) >= 11 is 0. The summed E-state index contributed by atoms with van der Waals surface area (Å²) in [6.07, 6.45) is 2.11. The van der Waals surface area contributed by atoms with E-state index in [1.54, 1.807) is 6.08 Å². The minimum atomic E-state index is -1.87. The Morgan fingerprint density at radius 2 is 1.43 bits per heavy atom. The number of hydrogen-bond donors (Lipinski definition) is 0. The third-order valence-electron chi connectivity index (χ3n) is 3.39. The lowest BCUT2D eigenvalue weighted by atomic mass is 10.2. The number of carbonyl (C=O) groups is 2. The SMILES string of the molecule is CC(=O)OC(/C=C/[C@H](C)O[Si](C)(C)C(C)(C)C)OC(C)=O. The zero-order valence-corrected chi connectivity index (χ0v) is 15.4. The highest BCUT2D eigenvalue weighted by molar-refractivity contribution is 6.74. The van der Waals surface area contributed by atoms with Gasteiger partial charge in [-0.1, -0.05) is 26.8 Å². The van der Waals surface area contributed by atoms with E-state index in [1.165, 1.54) is 19.9 Å². The summed E-state index contributed by atoms with van der Waals surface area (Å²) in [5, 5.41) is 0.111. The quantitative estimate of drug-likeness (QED) is 0.325. The molecule has 21 heavy (non-hydrogen) atoms. The summed E-state index contributed by atoms with van der Waals surface area (Å²) in [5.74, 6) is -1.02. The van der Waals surface area contributed by atoms with Crippen molar-refractivity contribution in [2.75, 3.05) is 0 Å². The normalized spacial score (nSPS) is 14.3. The fraction of sp³-hybridized carbons (Fsp3) is 0.733. The summed E-state index contributed by atoms with van der Waals surface area (Å²) in [4.78, 5) is 21.9. The van der Waals surface area contributed by atoms with E-state index < -0.39 is 26.5 Å². The topological polar surface area (TPSA) is 61.8 Å². The molecule has 0 N–H and O–H groups in total. The number of ether oxygens (including phenoxy) is 2. The molecule has 0 heterocycles. The van der Waals surface area contributed by atoms with Crippen LogP contribution in [0.4, 0.5) is 0 Å². The second kappa shape index (κ2) is 7.75. The Morgan fingerprint density at radius 1 is 1.00 bits per heavy atom. The number of hydrogen-bond acceptors (Lipinski definition) is 5. The lowest BCUT2D eigenvalue weighted by molar-refractivity contribution is -0.176. The predicted octanol–water partition coefficient (Wildman–Crippen LogP) is 3.41. The highest BCUT2D eigenvalue weighted by Crippen LogP contribution is 2.37. The van der Waals surface area contributed by atoms with Crippen LogP contribution < -0.4 is 0 Å². The predicted molar refractivity (Wildman–Crippen MR) is 84.2 cm³/mol. The van der Waals surface area contributed by atoms with E-state index in [9.17, 15) is 9.59 Å². The second-order valence-corrected chi connectivity index (χ2v) is 11.3. The lowest BCUT2D eigenvalue weighted by Gasteiger charge is -2.37. The van der Waals surface area contributed by atoms with E-state index in [2.05, 4.69) is 33.9 Å². The van der Waals surface area contributed by atoms with Crippen molar-refractivity contribution < 1.29 is 23.5 Å². The first-order chi connectivity index (χ1) is 9.35. The third-order valence-corrected chi connectivity index (χ3v) is 7.96. The maximum Gasteiger partial charge on any atom is 0.305 e. The average Bonchev–Trinajstić information content (AvgIpc) is 2.22. The molecular weight excluding hydrogens is 288 g/mol. The van der Waals surface area contributed by atoms with Crippen LogP contribution in [0.2, 0.25) is 18.1 Å². The molecule has 0 fully saturated rings. The van der Waals surface area contributed by atoms with Crippen LogP contribution in [0.3, 0.4) is 0 Å². The summed E-state index contributed by atoms with van der Waals surface area (Å²) in [7, 11) is -1.87. The zero-order valence-electron chi connectivity index (χ0n) is 14.4. The molecule has 0 aromatic heterocycles. The van der Waals surface area contributed by atoms with E-state index in [1.807, 2.05) is 6.92 Å². The summed E-state index contributed by atoms with van der Waals surface area (Å²) in [6, 6.07) is 0. The van der Waals surface area contributed by atoms with Gasteiger partial charge in [0.2, 0.25) is 0 Å². The number of esters is 2. The fourth-order valence-corrected chi connectivity index (χ4v) is 2.72. The summed E-state index contributed by atoms with van der Waals surface area (Å²) < 4.78 is 15.9. The molecule has 0 aliphatic rings. The van der Waals surface area contributed by atoms with E-state index in [0.29, 0.717) is 0 Å². The smallest absolute Gasteiger partial charge is 0.305 e. The van der Waals surface area contributed by atoms with Crippen molar-refractivity contribution in [1.82, 2.24) is 0 Å². The maximum absolute atomic E-state index is 11.0. The average molecular weight is 316 g/mol. The van der Waals surface area contributed by atoms with Crippen LogP contribution in [0.5, 0.6) is 0 Å². The molecule has 0 amide bonds. The van der Waals surface area contributed by atoms with Gasteiger partial charge in [0.15, 0.2) is 8.32 Å². The van der Waals surface area contributed by atoms with Crippen LogP contribution in [0, 0.1) is 0 Å². The molecule has 0 unspecified atom stereocenters. The van der Waals surface area contributed by atoms with Gasteiger partial charge in [0, 0.05) is 13.8 Å². The monoisotopic (exact) mass is 316 g/mol. The molecule has 0 saturated heterocycles. The Kier molecular flexibility index (Phi) is 7.33. The Bertz CT molecular complexity index is 379. The largest absolute Gasteiger partial charge is 0.421 e. The molecular formula is C15H28O5Si. The van der Waals surface area contributed by atoms with Crippen molar-refractivity contribution in [3.63, 3.8) is 0 Å². The minimum Gasteiger partial charge on any atom is -0.421 e. The Labute approximate surface area is 128 Å². The summed E-state index contributed by atoms with van der Waals surface area (Å²) in [6.45, 7) is 15.2. The third kappa shape index (κ3) is 8.01. The van der Waals surface area contributed by atoms with Gasteiger partial charge in [-0.15, -0.1) is 0 Å². The van der Waals surface area contributed by atoms with Crippen molar-refractivity contribution in [1.29, 1.82) is 0 Å². The molecule has 1 atom stereocenters. The van der Waals surface area contributed by atoms with Crippen LogP contribution in [-0.2, 0) is 23.5 Å². The number of rotatable bonds is 6.